The van der Waals surface area contributed by atoms with Gasteiger partial charge >= 0.3 is 0 Å². The van der Waals surface area contributed by atoms with Crippen LogP contribution in [0.25, 0.3) is 5.65 Å². The average Bonchev–Trinajstić information content (AvgIpc) is 3.01. The summed E-state index contributed by atoms with van der Waals surface area (Å²) in [6, 6.07) is 9.08. The van der Waals surface area contributed by atoms with Gasteiger partial charge in [0.1, 0.15) is 18.7 Å². The Bertz CT molecular complexity index is 893. The molecule has 1 aliphatic heterocycles. The summed E-state index contributed by atoms with van der Waals surface area (Å²) in [5, 5.41) is 11.3. The molecule has 2 aromatic heterocycles. The molecular weight excluding hydrogens is 316 g/mol. The summed E-state index contributed by atoms with van der Waals surface area (Å²) in [5.74, 6) is 0.463. The molecular formula is C16H13ClN4O2. The lowest BCUT2D eigenvalue weighted by Crippen LogP contribution is -2.32. The second kappa shape index (κ2) is 5.55. The third-order valence-electron chi connectivity index (χ3n) is 3.86. The number of rotatable bonds is 2. The highest BCUT2D eigenvalue weighted by Gasteiger charge is 2.26. The predicted octanol–water partition coefficient (Wildman–Crippen LogP) is 2.57. The average molecular weight is 329 g/mol. The highest BCUT2D eigenvalue weighted by atomic mass is 35.5. The molecule has 0 saturated carbocycles. The van der Waals surface area contributed by atoms with Crippen molar-refractivity contribution >= 4 is 28.8 Å². The Morgan fingerprint density at radius 3 is 3.17 bits per heavy atom. The van der Waals surface area contributed by atoms with Crippen molar-refractivity contribution in [2.45, 2.75) is 6.42 Å². The Hall–Kier alpha value is -2.60. The molecule has 4 rings (SSSR count). The number of hydrogen-bond acceptors (Lipinski definition) is 4. The van der Waals surface area contributed by atoms with E-state index in [0.29, 0.717) is 23.7 Å². The van der Waals surface area contributed by atoms with Crippen LogP contribution in [0.3, 0.4) is 0 Å². The first-order valence-electron chi connectivity index (χ1n) is 7.20. The monoisotopic (exact) mass is 328 g/mol. The van der Waals surface area contributed by atoms with Crippen LogP contribution in [0, 0.1) is 5.92 Å². The van der Waals surface area contributed by atoms with Crippen molar-refractivity contribution in [2.24, 2.45) is 5.92 Å². The lowest BCUT2D eigenvalue weighted by molar-refractivity contribution is -0.121. The number of fused-ring (bicyclic) bond motifs is 2. The van der Waals surface area contributed by atoms with Gasteiger partial charge < -0.3 is 10.1 Å². The molecule has 0 saturated heterocycles. The molecule has 0 aliphatic carbocycles. The number of halogens is 1. The standard InChI is InChI=1S/C16H13ClN4O2/c17-12-1-3-14-10(6-12)5-11(8-23-14)16(22)19-13-2-4-15-20-18-9-21(15)7-13/h1-4,6-7,9,11H,5,8H2,(H,19,22). The van der Waals surface area contributed by atoms with E-state index in [1.165, 1.54) is 0 Å². The minimum atomic E-state index is -0.252. The van der Waals surface area contributed by atoms with E-state index in [-0.39, 0.29) is 11.8 Å². The Labute approximate surface area is 137 Å². The molecule has 3 heterocycles. The number of carbonyl (C=O) groups is 1. The molecule has 1 amide bonds. The molecule has 23 heavy (non-hydrogen) atoms. The SMILES string of the molecule is O=C(Nc1ccc2nncn2c1)C1COc2ccc(Cl)cc2C1. The molecule has 1 unspecified atom stereocenters. The molecule has 0 fully saturated rings. The van der Waals surface area contributed by atoms with Gasteiger partial charge in [-0.25, -0.2) is 0 Å². The third-order valence-corrected chi connectivity index (χ3v) is 4.09. The van der Waals surface area contributed by atoms with Crippen LogP contribution >= 0.6 is 11.6 Å². The van der Waals surface area contributed by atoms with Gasteiger partial charge in [-0.2, -0.15) is 0 Å². The molecule has 3 aromatic rings. The van der Waals surface area contributed by atoms with Gasteiger partial charge in [0.2, 0.25) is 5.91 Å². The van der Waals surface area contributed by atoms with Gasteiger partial charge in [-0.3, -0.25) is 9.20 Å². The number of amides is 1. The zero-order valence-corrected chi connectivity index (χ0v) is 12.8. The molecule has 0 radical (unpaired) electrons. The van der Waals surface area contributed by atoms with Crippen LogP contribution in [0.5, 0.6) is 5.75 Å². The maximum atomic E-state index is 12.5. The Kier molecular flexibility index (Phi) is 3.38. The van der Waals surface area contributed by atoms with Gasteiger partial charge in [0.05, 0.1) is 11.6 Å². The number of aromatic nitrogens is 3. The first kappa shape index (κ1) is 14.0. The number of hydrogen-bond donors (Lipinski definition) is 1. The molecule has 0 spiro atoms. The van der Waals surface area contributed by atoms with Crippen molar-refractivity contribution in [2.75, 3.05) is 11.9 Å². The summed E-state index contributed by atoms with van der Waals surface area (Å²) in [6.45, 7) is 0.356. The Morgan fingerprint density at radius 2 is 2.26 bits per heavy atom. The lowest BCUT2D eigenvalue weighted by Gasteiger charge is -2.24. The molecule has 116 valence electrons. The number of ether oxygens (including phenoxy) is 1. The highest BCUT2D eigenvalue weighted by Crippen LogP contribution is 2.30. The smallest absolute Gasteiger partial charge is 0.231 e. The molecule has 7 heteroatoms. The van der Waals surface area contributed by atoms with Gasteiger partial charge in [-0.05, 0) is 42.3 Å². The van der Waals surface area contributed by atoms with Crippen LogP contribution < -0.4 is 10.1 Å². The van der Waals surface area contributed by atoms with Crippen molar-refractivity contribution < 1.29 is 9.53 Å². The summed E-state index contributed by atoms with van der Waals surface area (Å²) in [4.78, 5) is 12.5. The van der Waals surface area contributed by atoms with Crippen molar-refractivity contribution in [3.8, 4) is 5.75 Å². The van der Waals surface area contributed by atoms with Crippen molar-refractivity contribution in [3.05, 3.63) is 53.4 Å². The van der Waals surface area contributed by atoms with E-state index in [9.17, 15) is 4.79 Å². The first-order valence-corrected chi connectivity index (χ1v) is 7.58. The molecule has 6 nitrogen and oxygen atoms in total. The Morgan fingerprint density at radius 1 is 1.35 bits per heavy atom. The Balaban J connectivity index is 1.51. The number of nitrogens with one attached hydrogen (secondary N) is 1. The van der Waals surface area contributed by atoms with Crippen LogP contribution in [0.15, 0.2) is 42.9 Å². The van der Waals surface area contributed by atoms with E-state index in [1.807, 2.05) is 12.1 Å². The van der Waals surface area contributed by atoms with Crippen LogP contribution in [0.2, 0.25) is 5.02 Å². The molecule has 1 N–H and O–H groups in total. The normalized spacial score (nSPS) is 16.7. The number of anilines is 1. The lowest BCUT2D eigenvalue weighted by atomic mass is 9.96. The summed E-state index contributed by atoms with van der Waals surface area (Å²) < 4.78 is 7.42. The summed E-state index contributed by atoms with van der Waals surface area (Å²) >= 11 is 6.01. The van der Waals surface area contributed by atoms with E-state index >= 15 is 0 Å². The number of pyridine rings is 1. The fourth-order valence-electron chi connectivity index (χ4n) is 2.68. The van der Waals surface area contributed by atoms with Crippen LogP contribution in [-0.2, 0) is 11.2 Å². The van der Waals surface area contributed by atoms with Gasteiger partial charge in [0.25, 0.3) is 0 Å². The summed E-state index contributed by atoms with van der Waals surface area (Å²) in [7, 11) is 0. The predicted molar refractivity (Wildman–Crippen MR) is 85.8 cm³/mol. The highest BCUT2D eigenvalue weighted by molar-refractivity contribution is 6.30. The van der Waals surface area contributed by atoms with Crippen molar-refractivity contribution in [1.82, 2.24) is 14.6 Å². The number of carbonyl (C=O) groups excluding carboxylic acids is 1. The summed E-state index contributed by atoms with van der Waals surface area (Å²) in [5.41, 5.74) is 2.38. The van der Waals surface area contributed by atoms with Crippen molar-refractivity contribution in [1.29, 1.82) is 0 Å². The fourth-order valence-corrected chi connectivity index (χ4v) is 2.87. The maximum Gasteiger partial charge on any atom is 0.231 e. The zero-order valence-electron chi connectivity index (χ0n) is 12.1. The maximum absolute atomic E-state index is 12.5. The van der Waals surface area contributed by atoms with Crippen LogP contribution in [-0.4, -0.2) is 27.1 Å². The van der Waals surface area contributed by atoms with E-state index < -0.39 is 0 Å². The van der Waals surface area contributed by atoms with Gasteiger partial charge in [-0.15, -0.1) is 10.2 Å². The van der Waals surface area contributed by atoms with Crippen LogP contribution in [0.1, 0.15) is 5.56 Å². The van der Waals surface area contributed by atoms with Gasteiger partial charge in [0.15, 0.2) is 5.65 Å². The van der Waals surface area contributed by atoms with Crippen LogP contribution in [0.4, 0.5) is 5.69 Å². The molecule has 1 atom stereocenters. The minimum absolute atomic E-state index is 0.0805. The van der Waals surface area contributed by atoms with Crippen molar-refractivity contribution in [3.63, 3.8) is 0 Å². The van der Waals surface area contributed by atoms with E-state index in [4.69, 9.17) is 16.3 Å². The second-order valence-electron chi connectivity index (χ2n) is 5.47. The van der Waals surface area contributed by atoms with E-state index in [2.05, 4.69) is 15.5 Å². The summed E-state index contributed by atoms with van der Waals surface area (Å²) in [6.07, 6.45) is 3.98. The number of benzene rings is 1. The minimum Gasteiger partial charge on any atom is -0.492 e. The van der Waals surface area contributed by atoms with E-state index in [1.54, 1.807) is 35.1 Å². The zero-order chi connectivity index (χ0) is 15.8. The van der Waals surface area contributed by atoms with Gasteiger partial charge in [0, 0.05) is 11.2 Å². The molecule has 1 aromatic carbocycles. The fraction of sp³-hybridized carbons (Fsp3) is 0.188. The molecule has 0 bridgehead atoms. The topological polar surface area (TPSA) is 68.5 Å². The quantitative estimate of drug-likeness (QED) is 0.785. The largest absolute Gasteiger partial charge is 0.492 e. The third kappa shape index (κ3) is 2.73. The first-order chi connectivity index (χ1) is 11.2. The number of nitrogens with zero attached hydrogens (tertiary/aromatic N) is 3. The molecule has 1 aliphatic rings. The second-order valence-corrected chi connectivity index (χ2v) is 5.90. The van der Waals surface area contributed by atoms with E-state index in [0.717, 1.165) is 17.0 Å². The van der Waals surface area contributed by atoms with Gasteiger partial charge in [-0.1, -0.05) is 11.6 Å².